The van der Waals surface area contributed by atoms with Crippen molar-refractivity contribution in [2.24, 2.45) is 5.92 Å². The molecule has 1 aliphatic rings. The topological polar surface area (TPSA) is 24.1 Å². The van der Waals surface area contributed by atoms with E-state index in [1.54, 1.807) is 0 Å². The number of hydrogen-bond donors (Lipinski definition) is 2. The largest absolute Gasteiger partial charge is 0.383 e. The Balaban J connectivity index is 1.82. The van der Waals surface area contributed by atoms with Crippen LogP contribution in [0.15, 0.2) is 30.3 Å². The Morgan fingerprint density at radius 1 is 1.33 bits per heavy atom. The zero-order valence-electron chi connectivity index (χ0n) is 9.37. The third-order valence-electron chi connectivity index (χ3n) is 3.23. The SMILES string of the molecule is C[C@@H]1CCCN[C@@H]1CNc1ccccc1. The molecule has 1 aliphatic heterocycles. The summed E-state index contributed by atoms with van der Waals surface area (Å²) in [4.78, 5) is 0. The molecule has 1 aromatic carbocycles. The van der Waals surface area contributed by atoms with Gasteiger partial charge in [-0.15, -0.1) is 0 Å². The first-order valence-corrected chi connectivity index (χ1v) is 5.88. The van der Waals surface area contributed by atoms with E-state index in [4.69, 9.17) is 0 Å². The monoisotopic (exact) mass is 204 g/mol. The van der Waals surface area contributed by atoms with Gasteiger partial charge in [0.1, 0.15) is 0 Å². The molecule has 0 aliphatic carbocycles. The zero-order valence-corrected chi connectivity index (χ0v) is 9.37. The molecule has 2 N–H and O–H groups in total. The molecule has 1 fully saturated rings. The van der Waals surface area contributed by atoms with Gasteiger partial charge in [0.15, 0.2) is 0 Å². The average Bonchev–Trinajstić information content (AvgIpc) is 2.29. The Morgan fingerprint density at radius 3 is 2.87 bits per heavy atom. The van der Waals surface area contributed by atoms with Crippen LogP contribution in [0.1, 0.15) is 19.8 Å². The van der Waals surface area contributed by atoms with Crippen LogP contribution >= 0.6 is 0 Å². The number of rotatable bonds is 3. The highest BCUT2D eigenvalue weighted by Crippen LogP contribution is 2.16. The molecule has 0 spiro atoms. The first-order chi connectivity index (χ1) is 7.36. The summed E-state index contributed by atoms with van der Waals surface area (Å²) in [6.07, 6.45) is 2.68. The number of anilines is 1. The van der Waals surface area contributed by atoms with E-state index in [-0.39, 0.29) is 0 Å². The third kappa shape index (κ3) is 2.96. The molecule has 0 amide bonds. The molecule has 1 heterocycles. The molecule has 0 saturated carbocycles. The highest BCUT2D eigenvalue weighted by atomic mass is 15.0. The summed E-state index contributed by atoms with van der Waals surface area (Å²) < 4.78 is 0. The van der Waals surface area contributed by atoms with E-state index < -0.39 is 0 Å². The van der Waals surface area contributed by atoms with Gasteiger partial charge in [0.05, 0.1) is 0 Å². The second-order valence-corrected chi connectivity index (χ2v) is 4.43. The second-order valence-electron chi connectivity index (χ2n) is 4.43. The molecular weight excluding hydrogens is 184 g/mol. The van der Waals surface area contributed by atoms with Crippen LogP contribution in [0.3, 0.4) is 0 Å². The molecule has 15 heavy (non-hydrogen) atoms. The van der Waals surface area contributed by atoms with E-state index in [9.17, 15) is 0 Å². The van der Waals surface area contributed by atoms with Crippen molar-refractivity contribution in [1.29, 1.82) is 0 Å². The standard InChI is InChI=1S/C13H20N2/c1-11-6-5-9-14-13(11)10-15-12-7-3-2-4-8-12/h2-4,7-8,11,13-15H,5-6,9-10H2,1H3/t11-,13-/m1/s1. The summed E-state index contributed by atoms with van der Waals surface area (Å²) in [5.41, 5.74) is 1.22. The Labute approximate surface area is 92.1 Å². The van der Waals surface area contributed by atoms with Crippen molar-refractivity contribution in [2.75, 3.05) is 18.4 Å². The maximum Gasteiger partial charge on any atom is 0.0340 e. The van der Waals surface area contributed by atoms with Crippen LogP contribution in [0.4, 0.5) is 5.69 Å². The van der Waals surface area contributed by atoms with Crippen molar-refractivity contribution in [3.63, 3.8) is 0 Å². The summed E-state index contributed by atoms with van der Waals surface area (Å²) in [5, 5.41) is 7.06. The minimum absolute atomic E-state index is 0.624. The van der Waals surface area contributed by atoms with E-state index in [1.165, 1.54) is 25.1 Å². The quantitative estimate of drug-likeness (QED) is 0.790. The van der Waals surface area contributed by atoms with Gasteiger partial charge in [0.25, 0.3) is 0 Å². The van der Waals surface area contributed by atoms with Crippen molar-refractivity contribution in [2.45, 2.75) is 25.8 Å². The molecule has 0 unspecified atom stereocenters. The first kappa shape index (κ1) is 10.5. The Kier molecular flexibility index (Phi) is 3.62. The molecule has 0 bridgehead atoms. The second kappa shape index (κ2) is 5.17. The van der Waals surface area contributed by atoms with Crippen LogP contribution < -0.4 is 10.6 Å². The van der Waals surface area contributed by atoms with Gasteiger partial charge in [-0.25, -0.2) is 0 Å². The van der Waals surface area contributed by atoms with Crippen molar-refractivity contribution < 1.29 is 0 Å². The van der Waals surface area contributed by atoms with E-state index >= 15 is 0 Å². The minimum atomic E-state index is 0.624. The van der Waals surface area contributed by atoms with Crippen molar-refractivity contribution >= 4 is 5.69 Å². The molecule has 2 nitrogen and oxygen atoms in total. The lowest BCUT2D eigenvalue weighted by Gasteiger charge is -2.30. The molecule has 82 valence electrons. The summed E-state index contributed by atoms with van der Waals surface area (Å²) in [6.45, 7) is 4.54. The van der Waals surface area contributed by atoms with Gasteiger partial charge >= 0.3 is 0 Å². The Hall–Kier alpha value is -1.02. The number of piperidine rings is 1. The average molecular weight is 204 g/mol. The fourth-order valence-corrected chi connectivity index (χ4v) is 2.17. The smallest absolute Gasteiger partial charge is 0.0340 e. The van der Waals surface area contributed by atoms with E-state index in [2.05, 4.69) is 41.8 Å². The van der Waals surface area contributed by atoms with Crippen LogP contribution in [0.25, 0.3) is 0 Å². The Morgan fingerprint density at radius 2 is 2.13 bits per heavy atom. The molecular formula is C13H20N2. The van der Waals surface area contributed by atoms with Crippen LogP contribution in [0, 0.1) is 5.92 Å². The molecule has 1 saturated heterocycles. The summed E-state index contributed by atoms with van der Waals surface area (Å²) in [5.74, 6) is 0.787. The normalized spacial score (nSPS) is 26.2. The highest BCUT2D eigenvalue weighted by Gasteiger charge is 2.19. The molecule has 1 aromatic rings. The molecule has 2 atom stereocenters. The maximum atomic E-state index is 3.58. The minimum Gasteiger partial charge on any atom is -0.383 e. The van der Waals surface area contributed by atoms with E-state index in [1.807, 2.05) is 6.07 Å². The van der Waals surface area contributed by atoms with Gasteiger partial charge in [0, 0.05) is 18.3 Å². The predicted octanol–water partition coefficient (Wildman–Crippen LogP) is 2.49. The molecule has 2 heteroatoms. The number of benzene rings is 1. The third-order valence-corrected chi connectivity index (χ3v) is 3.23. The van der Waals surface area contributed by atoms with Gasteiger partial charge in [-0.05, 0) is 37.4 Å². The number of hydrogen-bond acceptors (Lipinski definition) is 2. The predicted molar refractivity (Wildman–Crippen MR) is 65.1 cm³/mol. The fourth-order valence-electron chi connectivity index (χ4n) is 2.17. The molecule has 0 aromatic heterocycles. The van der Waals surface area contributed by atoms with Crippen LogP contribution in [-0.4, -0.2) is 19.1 Å². The highest BCUT2D eigenvalue weighted by molar-refractivity contribution is 5.42. The number of para-hydroxylation sites is 1. The summed E-state index contributed by atoms with van der Waals surface area (Å²) in [6, 6.07) is 11.0. The van der Waals surface area contributed by atoms with Crippen molar-refractivity contribution in [3.8, 4) is 0 Å². The Bertz CT molecular complexity index is 284. The lowest BCUT2D eigenvalue weighted by atomic mass is 9.93. The van der Waals surface area contributed by atoms with Crippen LogP contribution in [0.2, 0.25) is 0 Å². The van der Waals surface area contributed by atoms with Crippen LogP contribution in [-0.2, 0) is 0 Å². The van der Waals surface area contributed by atoms with Gasteiger partial charge in [-0.3, -0.25) is 0 Å². The lowest BCUT2D eigenvalue weighted by Crippen LogP contribution is -2.44. The summed E-state index contributed by atoms with van der Waals surface area (Å²) in [7, 11) is 0. The maximum absolute atomic E-state index is 3.58. The van der Waals surface area contributed by atoms with Crippen molar-refractivity contribution in [1.82, 2.24) is 5.32 Å². The van der Waals surface area contributed by atoms with E-state index in [0.29, 0.717) is 6.04 Å². The lowest BCUT2D eigenvalue weighted by molar-refractivity contribution is 0.311. The van der Waals surface area contributed by atoms with Gasteiger partial charge in [0.2, 0.25) is 0 Å². The molecule has 2 rings (SSSR count). The fraction of sp³-hybridized carbons (Fsp3) is 0.538. The summed E-state index contributed by atoms with van der Waals surface area (Å²) >= 11 is 0. The molecule has 0 radical (unpaired) electrons. The van der Waals surface area contributed by atoms with E-state index in [0.717, 1.165) is 12.5 Å². The zero-order chi connectivity index (χ0) is 10.5. The number of nitrogens with one attached hydrogen (secondary N) is 2. The van der Waals surface area contributed by atoms with Crippen LogP contribution in [0.5, 0.6) is 0 Å². The van der Waals surface area contributed by atoms with Gasteiger partial charge < -0.3 is 10.6 Å². The van der Waals surface area contributed by atoms with Gasteiger partial charge in [-0.2, -0.15) is 0 Å². The van der Waals surface area contributed by atoms with Gasteiger partial charge in [-0.1, -0.05) is 25.1 Å². The first-order valence-electron chi connectivity index (χ1n) is 5.88. The van der Waals surface area contributed by atoms with Crippen molar-refractivity contribution in [3.05, 3.63) is 30.3 Å².